The van der Waals surface area contributed by atoms with Gasteiger partial charge in [0.1, 0.15) is 17.7 Å². The van der Waals surface area contributed by atoms with Crippen LogP contribution < -0.4 is 26.0 Å². The normalized spacial score (nSPS) is 13.0. The summed E-state index contributed by atoms with van der Waals surface area (Å²) in [5, 5.41) is 14.1. The van der Waals surface area contributed by atoms with E-state index in [0.29, 0.717) is 12.1 Å². The molecule has 1 aliphatic heterocycles. The maximum Gasteiger partial charge on any atom is 0.243 e. The number of amides is 1. The summed E-state index contributed by atoms with van der Waals surface area (Å²) in [5.74, 6) is 0.686. The number of halogens is 2. The molecule has 0 unspecified atom stereocenters. The van der Waals surface area contributed by atoms with Gasteiger partial charge in [0.15, 0.2) is 0 Å². The number of anilines is 2. The third-order valence-electron chi connectivity index (χ3n) is 5.80. The molecular weight excluding hydrogens is 497 g/mol. The number of benzene rings is 3. The highest BCUT2D eigenvalue weighted by molar-refractivity contribution is 5.97. The van der Waals surface area contributed by atoms with Gasteiger partial charge < -0.3 is 26.0 Å². The highest BCUT2D eigenvalue weighted by Gasteiger charge is 2.16. The molecule has 0 aliphatic carbocycles. The second-order valence-corrected chi connectivity index (χ2v) is 8.45. The van der Waals surface area contributed by atoms with Gasteiger partial charge in [0.2, 0.25) is 5.91 Å². The molecule has 0 atom stereocenters. The smallest absolute Gasteiger partial charge is 0.243 e. The van der Waals surface area contributed by atoms with E-state index in [9.17, 15) is 4.79 Å². The lowest BCUT2D eigenvalue weighted by Crippen LogP contribution is -2.34. The molecule has 0 saturated carbocycles. The SMILES string of the molecule is Cl.Cl.N=C(N)c1cccc(N(CC(=O)Nc2ccc(OC3CCNCC3)cc2)Cc2ccccc2)c1. The Morgan fingerprint density at radius 3 is 2.36 bits per heavy atom. The molecule has 192 valence electrons. The Labute approximate surface area is 224 Å². The second-order valence-electron chi connectivity index (χ2n) is 8.45. The molecule has 0 spiro atoms. The summed E-state index contributed by atoms with van der Waals surface area (Å²) in [6.45, 7) is 2.67. The molecule has 0 aromatic heterocycles. The predicted molar refractivity (Wildman–Crippen MR) is 151 cm³/mol. The first kappa shape index (κ1) is 29.0. The van der Waals surface area contributed by atoms with Crippen molar-refractivity contribution in [1.82, 2.24) is 5.32 Å². The van der Waals surface area contributed by atoms with Crippen LogP contribution in [0.15, 0.2) is 78.9 Å². The standard InChI is InChI=1S/C27H31N5O2.2ClH/c28-27(29)21-7-4-8-23(17-21)32(18-20-5-2-1-3-6-20)19-26(33)31-22-9-11-24(12-10-22)34-25-13-15-30-16-14-25;;/h1-12,17,25,30H,13-16,18-19H2,(H3,28,29)(H,31,33);2*1H. The largest absolute Gasteiger partial charge is 0.490 e. The van der Waals surface area contributed by atoms with E-state index >= 15 is 0 Å². The molecule has 7 nitrogen and oxygen atoms in total. The number of piperidine rings is 1. The molecule has 1 heterocycles. The Bertz CT molecular complexity index is 1110. The first-order chi connectivity index (χ1) is 16.6. The lowest BCUT2D eigenvalue weighted by Gasteiger charge is -2.25. The Hall–Kier alpha value is -3.26. The van der Waals surface area contributed by atoms with Crippen LogP contribution in [0.1, 0.15) is 24.0 Å². The number of amidine groups is 1. The van der Waals surface area contributed by atoms with Crippen LogP contribution in [0.5, 0.6) is 5.75 Å². The molecule has 1 saturated heterocycles. The van der Waals surface area contributed by atoms with Crippen molar-refractivity contribution in [3.63, 3.8) is 0 Å². The molecule has 0 radical (unpaired) electrons. The number of carbonyl (C=O) groups excluding carboxylic acids is 1. The molecule has 4 rings (SSSR count). The van der Waals surface area contributed by atoms with Gasteiger partial charge in [-0.05, 0) is 67.9 Å². The number of carbonyl (C=O) groups is 1. The fourth-order valence-electron chi connectivity index (χ4n) is 4.01. The molecule has 1 amide bonds. The maximum atomic E-state index is 12.9. The van der Waals surface area contributed by atoms with Crippen molar-refractivity contribution in [2.45, 2.75) is 25.5 Å². The predicted octanol–water partition coefficient (Wildman–Crippen LogP) is 4.59. The van der Waals surface area contributed by atoms with E-state index < -0.39 is 0 Å². The van der Waals surface area contributed by atoms with Crippen LogP contribution in [0.2, 0.25) is 0 Å². The van der Waals surface area contributed by atoms with Gasteiger partial charge in [0, 0.05) is 23.5 Å². The number of nitrogen functional groups attached to an aromatic ring is 1. The molecule has 9 heteroatoms. The zero-order chi connectivity index (χ0) is 23.8. The number of nitrogens with one attached hydrogen (secondary N) is 3. The molecule has 5 N–H and O–H groups in total. The van der Waals surface area contributed by atoms with Crippen molar-refractivity contribution in [2.24, 2.45) is 5.73 Å². The fraction of sp³-hybridized carbons (Fsp3) is 0.259. The maximum absolute atomic E-state index is 12.9. The molecule has 3 aromatic rings. The highest BCUT2D eigenvalue weighted by atomic mass is 35.5. The molecule has 0 bridgehead atoms. The zero-order valence-electron chi connectivity index (χ0n) is 20.0. The van der Waals surface area contributed by atoms with Crippen molar-refractivity contribution in [3.8, 4) is 5.75 Å². The summed E-state index contributed by atoms with van der Waals surface area (Å²) in [5.41, 5.74) is 8.95. The van der Waals surface area contributed by atoms with Gasteiger partial charge in [-0.1, -0.05) is 42.5 Å². The Morgan fingerprint density at radius 1 is 1.00 bits per heavy atom. The number of nitrogens with two attached hydrogens (primary N) is 1. The third-order valence-corrected chi connectivity index (χ3v) is 5.80. The fourth-order valence-corrected chi connectivity index (χ4v) is 4.01. The van der Waals surface area contributed by atoms with Crippen molar-refractivity contribution in [1.29, 1.82) is 5.41 Å². The van der Waals surface area contributed by atoms with Gasteiger partial charge in [-0.3, -0.25) is 10.2 Å². The van der Waals surface area contributed by atoms with E-state index in [1.165, 1.54) is 0 Å². The Balaban J connectivity index is 0.00000228. The van der Waals surface area contributed by atoms with Crippen LogP contribution >= 0.6 is 24.8 Å². The van der Waals surface area contributed by atoms with E-state index in [1.54, 1.807) is 6.07 Å². The van der Waals surface area contributed by atoms with Gasteiger partial charge in [-0.15, -0.1) is 24.8 Å². The van der Waals surface area contributed by atoms with Crippen LogP contribution in [0, 0.1) is 5.41 Å². The van der Waals surface area contributed by atoms with Crippen LogP contribution in [-0.4, -0.2) is 37.5 Å². The van der Waals surface area contributed by atoms with Crippen LogP contribution in [-0.2, 0) is 11.3 Å². The van der Waals surface area contributed by atoms with E-state index in [1.807, 2.05) is 77.7 Å². The molecule has 3 aromatic carbocycles. The summed E-state index contributed by atoms with van der Waals surface area (Å²) in [6.07, 6.45) is 2.24. The van der Waals surface area contributed by atoms with Gasteiger partial charge in [0.25, 0.3) is 0 Å². The molecule has 36 heavy (non-hydrogen) atoms. The summed E-state index contributed by atoms with van der Waals surface area (Å²) in [7, 11) is 0. The van der Waals surface area contributed by atoms with E-state index in [2.05, 4.69) is 10.6 Å². The van der Waals surface area contributed by atoms with Gasteiger partial charge in [-0.2, -0.15) is 0 Å². The molecule has 1 fully saturated rings. The first-order valence-electron chi connectivity index (χ1n) is 11.6. The van der Waals surface area contributed by atoms with Crippen LogP contribution in [0.3, 0.4) is 0 Å². The lowest BCUT2D eigenvalue weighted by atomic mass is 10.1. The van der Waals surface area contributed by atoms with Crippen molar-refractivity contribution < 1.29 is 9.53 Å². The topological polar surface area (TPSA) is 103 Å². The number of ether oxygens (including phenoxy) is 1. The number of rotatable bonds is 9. The van der Waals surface area contributed by atoms with Crippen molar-refractivity contribution in [3.05, 3.63) is 90.0 Å². The summed E-state index contributed by atoms with van der Waals surface area (Å²) < 4.78 is 6.05. The van der Waals surface area contributed by atoms with Gasteiger partial charge in [0.05, 0.1) is 6.54 Å². The summed E-state index contributed by atoms with van der Waals surface area (Å²) >= 11 is 0. The number of nitrogens with zero attached hydrogens (tertiary/aromatic N) is 1. The summed E-state index contributed by atoms with van der Waals surface area (Å²) in [6, 6.07) is 24.9. The van der Waals surface area contributed by atoms with Gasteiger partial charge in [-0.25, -0.2) is 0 Å². The second kappa shape index (κ2) is 14.3. The average molecular weight is 531 g/mol. The average Bonchev–Trinajstić information content (AvgIpc) is 2.86. The quantitative estimate of drug-likeness (QED) is 0.239. The van der Waals surface area contributed by atoms with E-state index in [-0.39, 0.29) is 49.2 Å². The lowest BCUT2D eigenvalue weighted by molar-refractivity contribution is -0.115. The van der Waals surface area contributed by atoms with E-state index in [0.717, 1.165) is 48.6 Å². The number of hydrogen-bond acceptors (Lipinski definition) is 5. The molecular formula is C27H33Cl2N5O2. The molecule has 1 aliphatic rings. The zero-order valence-corrected chi connectivity index (χ0v) is 21.6. The third kappa shape index (κ3) is 8.45. The van der Waals surface area contributed by atoms with Crippen LogP contribution in [0.25, 0.3) is 0 Å². The van der Waals surface area contributed by atoms with Gasteiger partial charge >= 0.3 is 0 Å². The highest BCUT2D eigenvalue weighted by Crippen LogP contribution is 2.21. The summed E-state index contributed by atoms with van der Waals surface area (Å²) in [4.78, 5) is 14.9. The van der Waals surface area contributed by atoms with Crippen molar-refractivity contribution in [2.75, 3.05) is 29.9 Å². The monoisotopic (exact) mass is 529 g/mol. The minimum absolute atomic E-state index is 0. The minimum Gasteiger partial charge on any atom is -0.490 e. The Morgan fingerprint density at radius 2 is 1.69 bits per heavy atom. The van der Waals surface area contributed by atoms with Crippen LogP contribution in [0.4, 0.5) is 11.4 Å². The first-order valence-corrected chi connectivity index (χ1v) is 11.6. The van der Waals surface area contributed by atoms with E-state index in [4.69, 9.17) is 15.9 Å². The Kier molecular flexibility index (Phi) is 11.5. The van der Waals surface area contributed by atoms with Crippen molar-refractivity contribution >= 4 is 47.9 Å². The minimum atomic E-state index is -0.129. The number of hydrogen-bond donors (Lipinski definition) is 4.